The number of anilines is 2. The van der Waals surface area contributed by atoms with Crippen LogP contribution in [0.5, 0.6) is 0 Å². The average Bonchev–Trinajstić information content (AvgIpc) is 3.25. The molecule has 0 saturated carbocycles. The molecule has 216 valence electrons. The van der Waals surface area contributed by atoms with Crippen molar-refractivity contribution in [2.75, 3.05) is 49.5 Å². The van der Waals surface area contributed by atoms with Gasteiger partial charge in [0, 0.05) is 50.6 Å². The normalized spacial score (nSPS) is 14.2. The standard InChI is InChI=1S/C33H39ClN4O3/c1-4-26(24-13-8-7-9-14-24)32(40)38-20-12-19-37(21-22-38)30-18-17-25(23-28(30)33(41)36(5-2)6-3)35-31(39)27-15-10-11-16-29(27)34/h7-11,13-18,23,26H,4-6,12,19-22H2,1-3H3,(H,35,39). The van der Waals surface area contributed by atoms with Crippen LogP contribution in [-0.2, 0) is 4.79 Å². The molecule has 7 nitrogen and oxygen atoms in total. The van der Waals surface area contributed by atoms with Crippen LogP contribution in [0.2, 0.25) is 5.02 Å². The summed E-state index contributed by atoms with van der Waals surface area (Å²) in [4.78, 5) is 46.1. The molecule has 3 aromatic rings. The summed E-state index contributed by atoms with van der Waals surface area (Å²) in [6, 6.07) is 22.3. The number of halogens is 1. The molecule has 4 rings (SSSR count). The highest BCUT2D eigenvalue weighted by molar-refractivity contribution is 6.34. The summed E-state index contributed by atoms with van der Waals surface area (Å²) in [6.07, 6.45) is 1.54. The minimum absolute atomic E-state index is 0.0915. The second-order valence-corrected chi connectivity index (χ2v) is 10.6. The highest BCUT2D eigenvalue weighted by Crippen LogP contribution is 2.29. The summed E-state index contributed by atoms with van der Waals surface area (Å²) in [7, 11) is 0. The molecule has 1 aliphatic rings. The Morgan fingerprint density at radius 3 is 2.24 bits per heavy atom. The molecule has 0 spiro atoms. The Morgan fingerprint density at radius 1 is 0.854 bits per heavy atom. The molecule has 8 heteroatoms. The van der Waals surface area contributed by atoms with Crippen molar-refractivity contribution in [3.63, 3.8) is 0 Å². The Hall–Kier alpha value is -3.84. The van der Waals surface area contributed by atoms with E-state index in [0.29, 0.717) is 54.6 Å². The van der Waals surface area contributed by atoms with Crippen molar-refractivity contribution in [1.29, 1.82) is 0 Å². The number of nitrogens with zero attached hydrogens (tertiary/aromatic N) is 3. The van der Waals surface area contributed by atoms with E-state index in [0.717, 1.165) is 30.6 Å². The first-order chi connectivity index (χ1) is 19.9. The smallest absolute Gasteiger partial charge is 0.257 e. The van der Waals surface area contributed by atoms with E-state index in [1.807, 2.05) is 61.2 Å². The summed E-state index contributed by atoms with van der Waals surface area (Å²) in [5.74, 6) is -0.440. The number of benzene rings is 3. The van der Waals surface area contributed by atoms with Crippen molar-refractivity contribution in [3.8, 4) is 0 Å². The van der Waals surface area contributed by atoms with E-state index in [9.17, 15) is 14.4 Å². The van der Waals surface area contributed by atoms with Gasteiger partial charge in [0.2, 0.25) is 5.91 Å². The van der Waals surface area contributed by atoms with Gasteiger partial charge in [-0.15, -0.1) is 0 Å². The molecule has 1 unspecified atom stereocenters. The lowest BCUT2D eigenvalue weighted by molar-refractivity contribution is -0.132. The molecule has 0 bridgehead atoms. The van der Waals surface area contributed by atoms with Crippen LogP contribution in [0.25, 0.3) is 0 Å². The molecule has 0 radical (unpaired) electrons. The van der Waals surface area contributed by atoms with Crippen molar-refractivity contribution in [1.82, 2.24) is 9.80 Å². The molecule has 3 aromatic carbocycles. The third-order valence-corrected chi connectivity index (χ3v) is 8.04. The third-order valence-electron chi connectivity index (χ3n) is 7.71. The van der Waals surface area contributed by atoms with E-state index in [4.69, 9.17) is 11.6 Å². The molecular formula is C33H39ClN4O3. The van der Waals surface area contributed by atoms with Gasteiger partial charge in [-0.25, -0.2) is 0 Å². The summed E-state index contributed by atoms with van der Waals surface area (Å²) in [6.45, 7) is 9.69. The van der Waals surface area contributed by atoms with E-state index < -0.39 is 0 Å². The fourth-order valence-corrected chi connectivity index (χ4v) is 5.64. The number of carbonyl (C=O) groups is 3. The Bertz CT molecular complexity index is 1360. The largest absolute Gasteiger partial charge is 0.369 e. The zero-order chi connectivity index (χ0) is 29.4. The number of amides is 3. The Labute approximate surface area is 248 Å². The highest BCUT2D eigenvalue weighted by Gasteiger charge is 2.28. The molecule has 0 aliphatic carbocycles. The van der Waals surface area contributed by atoms with Crippen molar-refractivity contribution in [3.05, 3.63) is 94.5 Å². The van der Waals surface area contributed by atoms with Gasteiger partial charge in [0.1, 0.15) is 0 Å². The molecule has 1 aliphatic heterocycles. The average molecular weight is 575 g/mol. The fraction of sp³-hybridized carbons (Fsp3) is 0.364. The van der Waals surface area contributed by atoms with Gasteiger partial charge in [-0.3, -0.25) is 14.4 Å². The van der Waals surface area contributed by atoms with Gasteiger partial charge in [-0.05, 0) is 62.6 Å². The van der Waals surface area contributed by atoms with E-state index in [1.54, 1.807) is 35.2 Å². The number of nitrogens with one attached hydrogen (secondary N) is 1. The lowest BCUT2D eigenvalue weighted by Crippen LogP contribution is -2.38. The Balaban J connectivity index is 1.57. The maximum atomic E-state index is 13.7. The predicted octanol–water partition coefficient (Wildman–Crippen LogP) is 6.31. The summed E-state index contributed by atoms with van der Waals surface area (Å²) in [5.41, 5.74) is 3.27. The molecule has 1 saturated heterocycles. The SMILES string of the molecule is CCC(C(=O)N1CCCN(c2ccc(NC(=O)c3ccccc3Cl)cc2C(=O)N(CC)CC)CC1)c1ccccc1. The number of hydrogen-bond donors (Lipinski definition) is 1. The van der Waals surface area contributed by atoms with Crippen molar-refractivity contribution < 1.29 is 14.4 Å². The molecule has 1 N–H and O–H groups in total. The summed E-state index contributed by atoms with van der Waals surface area (Å²) in [5, 5.41) is 3.27. The minimum atomic E-state index is -0.336. The van der Waals surface area contributed by atoms with Crippen LogP contribution in [-0.4, -0.2) is 66.8 Å². The van der Waals surface area contributed by atoms with Gasteiger partial charge in [-0.2, -0.15) is 0 Å². The van der Waals surface area contributed by atoms with Gasteiger partial charge >= 0.3 is 0 Å². The summed E-state index contributed by atoms with van der Waals surface area (Å²) < 4.78 is 0. The zero-order valence-electron chi connectivity index (χ0n) is 24.1. The van der Waals surface area contributed by atoms with E-state index in [-0.39, 0.29) is 23.6 Å². The molecule has 41 heavy (non-hydrogen) atoms. The lowest BCUT2D eigenvalue weighted by Gasteiger charge is -2.29. The van der Waals surface area contributed by atoms with Crippen LogP contribution < -0.4 is 10.2 Å². The lowest BCUT2D eigenvalue weighted by atomic mass is 9.95. The molecule has 1 atom stereocenters. The van der Waals surface area contributed by atoms with Crippen LogP contribution in [0.3, 0.4) is 0 Å². The Morgan fingerprint density at radius 2 is 1.56 bits per heavy atom. The van der Waals surface area contributed by atoms with Crippen LogP contribution in [0.4, 0.5) is 11.4 Å². The van der Waals surface area contributed by atoms with Crippen molar-refractivity contribution >= 4 is 40.7 Å². The number of carbonyl (C=O) groups excluding carboxylic acids is 3. The van der Waals surface area contributed by atoms with Gasteiger partial charge in [0.05, 0.1) is 22.1 Å². The second kappa shape index (κ2) is 14.2. The van der Waals surface area contributed by atoms with Crippen molar-refractivity contribution in [2.45, 2.75) is 39.5 Å². The van der Waals surface area contributed by atoms with Crippen molar-refractivity contribution in [2.24, 2.45) is 0 Å². The van der Waals surface area contributed by atoms with Gasteiger partial charge in [-0.1, -0.05) is 61.0 Å². The first-order valence-electron chi connectivity index (χ1n) is 14.5. The molecule has 0 aromatic heterocycles. The van der Waals surface area contributed by atoms with Gasteiger partial charge in [0.25, 0.3) is 11.8 Å². The van der Waals surface area contributed by atoms with Crippen LogP contribution in [0.1, 0.15) is 65.8 Å². The minimum Gasteiger partial charge on any atom is -0.369 e. The maximum Gasteiger partial charge on any atom is 0.257 e. The van der Waals surface area contributed by atoms with Gasteiger partial charge < -0.3 is 20.0 Å². The van der Waals surface area contributed by atoms with Crippen LogP contribution in [0.15, 0.2) is 72.8 Å². The predicted molar refractivity (Wildman–Crippen MR) is 166 cm³/mol. The van der Waals surface area contributed by atoms with Crippen LogP contribution >= 0.6 is 11.6 Å². The first-order valence-corrected chi connectivity index (χ1v) is 14.8. The third kappa shape index (κ3) is 7.09. The Kier molecular flexibility index (Phi) is 10.4. The summed E-state index contributed by atoms with van der Waals surface area (Å²) >= 11 is 6.23. The first kappa shape index (κ1) is 30.1. The molecular weight excluding hydrogens is 536 g/mol. The monoisotopic (exact) mass is 574 g/mol. The molecule has 1 fully saturated rings. The topological polar surface area (TPSA) is 73.0 Å². The number of rotatable bonds is 9. The van der Waals surface area contributed by atoms with E-state index >= 15 is 0 Å². The highest BCUT2D eigenvalue weighted by atomic mass is 35.5. The van der Waals surface area contributed by atoms with Gasteiger partial charge in [0.15, 0.2) is 0 Å². The molecule has 3 amide bonds. The van der Waals surface area contributed by atoms with E-state index in [1.165, 1.54) is 0 Å². The molecule has 1 heterocycles. The number of hydrogen-bond acceptors (Lipinski definition) is 4. The van der Waals surface area contributed by atoms with E-state index in [2.05, 4.69) is 17.1 Å². The second-order valence-electron chi connectivity index (χ2n) is 10.2. The fourth-order valence-electron chi connectivity index (χ4n) is 5.42. The van der Waals surface area contributed by atoms with Crippen LogP contribution in [0, 0.1) is 0 Å². The quantitative estimate of drug-likeness (QED) is 0.325. The zero-order valence-corrected chi connectivity index (χ0v) is 24.9. The maximum absolute atomic E-state index is 13.7.